The predicted octanol–water partition coefficient (Wildman–Crippen LogP) is 2.90. The summed E-state index contributed by atoms with van der Waals surface area (Å²) in [5.74, 6) is 4.17. The van der Waals surface area contributed by atoms with Gasteiger partial charge in [-0.2, -0.15) is 13.2 Å². The summed E-state index contributed by atoms with van der Waals surface area (Å²) in [7, 11) is -1.36. The molecule has 1 unspecified atom stereocenters. The predicted molar refractivity (Wildman–Crippen MR) is 132 cm³/mol. The van der Waals surface area contributed by atoms with Crippen LogP contribution < -0.4 is 10.6 Å². The van der Waals surface area contributed by atoms with Gasteiger partial charge in [-0.1, -0.05) is 13.8 Å². The first kappa shape index (κ1) is 25.9. The average molecular weight is 525 g/mol. The van der Waals surface area contributed by atoms with E-state index in [1.54, 1.807) is 24.1 Å². The van der Waals surface area contributed by atoms with Gasteiger partial charge in [0, 0.05) is 38.9 Å². The van der Waals surface area contributed by atoms with Crippen molar-refractivity contribution in [2.75, 3.05) is 23.9 Å². The van der Waals surface area contributed by atoms with Crippen molar-refractivity contribution in [2.45, 2.75) is 44.8 Å². The van der Waals surface area contributed by atoms with Crippen LogP contribution in [-0.2, 0) is 34.1 Å². The Kier molecular flexibility index (Phi) is 6.50. The van der Waals surface area contributed by atoms with Crippen LogP contribution in [0.2, 0.25) is 0 Å². The molecule has 13 heteroatoms. The van der Waals surface area contributed by atoms with Gasteiger partial charge in [0.25, 0.3) is 5.56 Å². The maximum Gasteiger partial charge on any atom is 0.431 e. The molecule has 0 saturated carbocycles. The lowest BCUT2D eigenvalue weighted by molar-refractivity contribution is -0.144. The van der Waals surface area contributed by atoms with E-state index in [0.717, 1.165) is 6.07 Å². The monoisotopic (exact) mass is 524 g/mol. The summed E-state index contributed by atoms with van der Waals surface area (Å²) in [6, 6.07) is 3.96. The fourth-order valence-electron chi connectivity index (χ4n) is 4.41. The summed E-state index contributed by atoms with van der Waals surface area (Å²) >= 11 is 0. The van der Waals surface area contributed by atoms with E-state index in [1.165, 1.54) is 23.5 Å². The summed E-state index contributed by atoms with van der Waals surface area (Å²) in [5.41, 5.74) is -2.06. The first-order valence-electron chi connectivity index (χ1n) is 11.5. The largest absolute Gasteiger partial charge is 0.431 e. The first-order valence-corrected chi connectivity index (χ1v) is 13.4. The molecule has 1 saturated heterocycles. The highest BCUT2D eigenvalue weighted by molar-refractivity contribution is 8.00. The number of hydrazine groups is 1. The Morgan fingerprint density at radius 3 is 2.39 bits per heavy atom. The second kappa shape index (κ2) is 9.04. The molecule has 3 aromatic rings. The zero-order chi connectivity index (χ0) is 26.6. The number of carbonyl (C=O) groups excluding carboxylic acids is 1. The standard InChI is InChI=1S/C23H27F3N6O3S/c1-6-30-12-11-18(33)32(30)17-10-9-15(36(5,35)8-3)19(28-17)21-27-14-13-16(23(24,25)26)31(7-2)22(34)20(14)29(21)4/h9-10,13H,5-8,11-12H2,1-4H3. The highest BCUT2D eigenvalue weighted by Gasteiger charge is 2.36. The van der Waals surface area contributed by atoms with E-state index >= 15 is 0 Å². The van der Waals surface area contributed by atoms with Crippen LogP contribution in [0.1, 0.15) is 32.9 Å². The number of hydrogen-bond donors (Lipinski definition) is 0. The molecule has 4 rings (SSSR count). The number of imidazole rings is 1. The normalized spacial score (nSPS) is 16.8. The van der Waals surface area contributed by atoms with E-state index < -0.39 is 27.0 Å². The highest BCUT2D eigenvalue weighted by Crippen LogP contribution is 2.34. The summed E-state index contributed by atoms with van der Waals surface area (Å²) in [4.78, 5) is 34.9. The van der Waals surface area contributed by atoms with Gasteiger partial charge in [-0.15, -0.1) is 0 Å². The van der Waals surface area contributed by atoms with Gasteiger partial charge in [0.2, 0.25) is 5.91 Å². The summed E-state index contributed by atoms with van der Waals surface area (Å²) in [6.45, 7) is 5.92. The molecule has 1 aliphatic rings. The van der Waals surface area contributed by atoms with Crippen LogP contribution in [0.25, 0.3) is 22.6 Å². The van der Waals surface area contributed by atoms with Crippen LogP contribution in [0.5, 0.6) is 0 Å². The van der Waals surface area contributed by atoms with Crippen LogP contribution in [0.15, 0.2) is 27.9 Å². The number of carbonyl (C=O) groups is 1. The van der Waals surface area contributed by atoms with E-state index in [9.17, 15) is 27.0 Å². The summed E-state index contributed by atoms with van der Waals surface area (Å²) in [6.07, 6.45) is -4.45. The zero-order valence-electron chi connectivity index (χ0n) is 20.4. The van der Waals surface area contributed by atoms with E-state index in [1.807, 2.05) is 6.92 Å². The molecule has 4 heterocycles. The Morgan fingerprint density at radius 1 is 1.11 bits per heavy atom. The lowest BCUT2D eigenvalue weighted by Gasteiger charge is -2.26. The summed E-state index contributed by atoms with van der Waals surface area (Å²) < 4.78 is 56.4. The van der Waals surface area contributed by atoms with Gasteiger partial charge in [-0.05, 0) is 40.5 Å². The maximum absolute atomic E-state index is 13.7. The number of fused-ring (bicyclic) bond motifs is 1. The van der Waals surface area contributed by atoms with Gasteiger partial charge in [-0.25, -0.2) is 20.0 Å². The fraction of sp³-hybridized carbons (Fsp3) is 0.435. The molecular formula is C23H27F3N6O3S. The zero-order valence-corrected chi connectivity index (χ0v) is 21.2. The Bertz CT molecular complexity index is 1520. The average Bonchev–Trinajstić information content (AvgIpc) is 3.37. The fourth-order valence-corrected chi connectivity index (χ4v) is 5.53. The molecule has 1 aliphatic heterocycles. The second-order valence-electron chi connectivity index (χ2n) is 8.42. The van der Waals surface area contributed by atoms with Crippen molar-refractivity contribution >= 4 is 38.2 Å². The quantitative estimate of drug-likeness (QED) is 0.461. The molecule has 194 valence electrons. The third kappa shape index (κ3) is 4.09. The molecule has 1 amide bonds. The third-order valence-electron chi connectivity index (χ3n) is 6.35. The van der Waals surface area contributed by atoms with E-state index in [2.05, 4.69) is 15.8 Å². The third-order valence-corrected chi connectivity index (χ3v) is 8.41. The minimum Gasteiger partial charge on any atom is -0.321 e. The smallest absolute Gasteiger partial charge is 0.321 e. The van der Waals surface area contributed by atoms with Gasteiger partial charge < -0.3 is 9.13 Å². The van der Waals surface area contributed by atoms with E-state index in [4.69, 9.17) is 0 Å². The van der Waals surface area contributed by atoms with Crippen LogP contribution in [-0.4, -0.2) is 58.9 Å². The lowest BCUT2D eigenvalue weighted by Crippen LogP contribution is -2.39. The van der Waals surface area contributed by atoms with Gasteiger partial charge in [-0.3, -0.25) is 13.8 Å². The van der Waals surface area contributed by atoms with Crippen molar-refractivity contribution in [1.29, 1.82) is 0 Å². The molecule has 1 fully saturated rings. The molecule has 0 N–H and O–H groups in total. The van der Waals surface area contributed by atoms with E-state index in [-0.39, 0.29) is 51.5 Å². The molecule has 0 spiro atoms. The van der Waals surface area contributed by atoms with Crippen molar-refractivity contribution in [3.63, 3.8) is 0 Å². The molecule has 1 atom stereocenters. The van der Waals surface area contributed by atoms with Gasteiger partial charge in [0.05, 0.1) is 10.4 Å². The second-order valence-corrected chi connectivity index (χ2v) is 11.1. The molecule has 0 aliphatic carbocycles. The molecular weight excluding hydrogens is 497 g/mol. The van der Waals surface area contributed by atoms with Crippen LogP contribution in [0, 0.1) is 0 Å². The van der Waals surface area contributed by atoms with E-state index in [0.29, 0.717) is 24.1 Å². The Balaban J connectivity index is 2.04. The first-order chi connectivity index (χ1) is 16.8. The Morgan fingerprint density at radius 2 is 1.81 bits per heavy atom. The molecule has 3 aromatic heterocycles. The number of amides is 1. The van der Waals surface area contributed by atoms with Crippen LogP contribution in [0.3, 0.4) is 0 Å². The Hall–Kier alpha value is -3.19. The number of aromatic nitrogens is 4. The lowest BCUT2D eigenvalue weighted by atomic mass is 10.3. The SMILES string of the molecule is C=S(=O)(CC)c1ccc(N2C(=O)CCN2CC)nc1-c1nc2cc(C(F)(F)F)n(CC)c(=O)c2n1C. The van der Waals surface area contributed by atoms with Crippen molar-refractivity contribution in [1.82, 2.24) is 24.1 Å². The van der Waals surface area contributed by atoms with Crippen molar-refractivity contribution in [3.8, 4) is 11.5 Å². The van der Waals surface area contributed by atoms with Crippen LogP contribution in [0.4, 0.5) is 19.0 Å². The van der Waals surface area contributed by atoms with Crippen LogP contribution >= 0.6 is 0 Å². The molecule has 36 heavy (non-hydrogen) atoms. The summed E-state index contributed by atoms with van der Waals surface area (Å²) in [5, 5.41) is 3.23. The number of pyridine rings is 2. The van der Waals surface area contributed by atoms with Gasteiger partial charge >= 0.3 is 6.18 Å². The number of anilines is 1. The number of alkyl halides is 3. The molecule has 0 bridgehead atoms. The highest BCUT2D eigenvalue weighted by atomic mass is 32.2. The number of rotatable bonds is 6. The Labute approximate surface area is 206 Å². The molecule has 9 nitrogen and oxygen atoms in total. The molecule has 0 aromatic carbocycles. The van der Waals surface area contributed by atoms with Gasteiger partial charge in [0.1, 0.15) is 16.9 Å². The minimum absolute atomic E-state index is 0.0440. The topological polar surface area (TPSA) is 93.3 Å². The van der Waals surface area contributed by atoms with Crippen molar-refractivity contribution in [3.05, 3.63) is 34.2 Å². The maximum atomic E-state index is 13.7. The van der Waals surface area contributed by atoms with Gasteiger partial charge in [0.15, 0.2) is 11.6 Å². The van der Waals surface area contributed by atoms with Crippen molar-refractivity contribution in [2.24, 2.45) is 7.05 Å². The number of hydrogen-bond acceptors (Lipinski definition) is 6. The minimum atomic E-state index is -4.76. The van der Waals surface area contributed by atoms with Crippen molar-refractivity contribution < 1.29 is 22.2 Å². The molecule has 0 radical (unpaired) electrons. The number of halogens is 3. The number of nitrogens with zero attached hydrogens (tertiary/aromatic N) is 6. The number of aryl methyl sites for hydroxylation is 1.